The molecule has 1 aromatic carbocycles. The molecule has 0 aliphatic rings. The summed E-state index contributed by atoms with van der Waals surface area (Å²) in [5, 5.41) is 11.7. The molecule has 5 heteroatoms. The topological polar surface area (TPSA) is 58.6 Å². The van der Waals surface area contributed by atoms with E-state index in [2.05, 4.69) is 28.0 Å². The number of halogens is 1. The molecule has 0 radical (unpaired) electrons. The zero-order valence-electron chi connectivity index (χ0n) is 8.40. The van der Waals surface area contributed by atoms with Crippen molar-refractivity contribution in [3.8, 4) is 0 Å². The summed E-state index contributed by atoms with van der Waals surface area (Å²) in [5.41, 5.74) is 6.37. The molecule has 0 bridgehead atoms. The first-order valence-electron chi connectivity index (χ1n) is 4.59. The summed E-state index contributed by atoms with van der Waals surface area (Å²) in [6.07, 6.45) is 1.09. The number of nitrogens with two attached hydrogens (primary N) is 1. The van der Waals surface area contributed by atoms with Crippen LogP contribution in [0.25, 0.3) is 0 Å². The second-order valence-corrected chi connectivity index (χ2v) is 5.03. The summed E-state index contributed by atoms with van der Waals surface area (Å²) >= 11 is 5.11. The maximum atomic E-state index is 8.65. The quantitative estimate of drug-likeness (QED) is 0.294. The van der Waals surface area contributed by atoms with Gasteiger partial charge in [0.15, 0.2) is 5.84 Å². The fraction of sp³-hybridized carbons (Fsp3) is 0.300. The predicted molar refractivity (Wildman–Crippen MR) is 67.7 cm³/mol. The van der Waals surface area contributed by atoms with E-state index in [1.54, 1.807) is 11.8 Å². The van der Waals surface area contributed by atoms with Gasteiger partial charge >= 0.3 is 0 Å². The Kier molecular flexibility index (Phi) is 4.98. The molecule has 82 valence electrons. The Bertz CT molecular complexity index is 368. The normalized spacial score (nSPS) is 11.7. The van der Waals surface area contributed by atoms with Crippen molar-refractivity contribution < 1.29 is 5.21 Å². The van der Waals surface area contributed by atoms with Gasteiger partial charge in [-0.3, -0.25) is 0 Å². The molecule has 0 aromatic heterocycles. The van der Waals surface area contributed by atoms with Crippen LogP contribution in [-0.2, 0) is 0 Å². The summed E-state index contributed by atoms with van der Waals surface area (Å²) in [5.74, 6) is 1.17. The van der Waals surface area contributed by atoms with Crippen LogP contribution < -0.4 is 5.73 Å². The Hall–Kier alpha value is -0.680. The molecule has 0 atom stereocenters. The van der Waals surface area contributed by atoms with Crippen LogP contribution >= 0.6 is 27.7 Å². The minimum atomic E-state index is 0.154. The molecule has 0 fully saturated rings. The Morgan fingerprint density at radius 1 is 1.60 bits per heavy atom. The first-order valence-corrected chi connectivity index (χ1v) is 6.37. The standard InChI is InChI=1S/C10H13BrN2OS/c1-2-5-15-9-6-7(11)3-4-8(9)10(12)13-14/h3-4,6,14H,2,5H2,1H3,(H2,12,13). The van der Waals surface area contributed by atoms with Gasteiger partial charge in [0, 0.05) is 14.9 Å². The van der Waals surface area contributed by atoms with Crippen molar-refractivity contribution in [2.45, 2.75) is 18.2 Å². The van der Waals surface area contributed by atoms with E-state index in [-0.39, 0.29) is 5.84 Å². The highest BCUT2D eigenvalue weighted by Crippen LogP contribution is 2.26. The minimum absolute atomic E-state index is 0.154. The number of hydrogen-bond donors (Lipinski definition) is 2. The molecular formula is C10H13BrN2OS. The van der Waals surface area contributed by atoms with Crippen molar-refractivity contribution in [3.63, 3.8) is 0 Å². The number of oxime groups is 1. The third kappa shape index (κ3) is 3.43. The predicted octanol–water partition coefficient (Wildman–Crippen LogP) is 3.05. The van der Waals surface area contributed by atoms with E-state index < -0.39 is 0 Å². The highest BCUT2D eigenvalue weighted by atomic mass is 79.9. The molecule has 15 heavy (non-hydrogen) atoms. The highest BCUT2D eigenvalue weighted by Gasteiger charge is 2.07. The molecule has 0 saturated heterocycles. The fourth-order valence-electron chi connectivity index (χ4n) is 1.09. The van der Waals surface area contributed by atoms with Crippen LogP contribution in [0, 0.1) is 0 Å². The van der Waals surface area contributed by atoms with Crippen LogP contribution in [0.5, 0.6) is 0 Å². The lowest BCUT2D eigenvalue weighted by Gasteiger charge is -2.07. The van der Waals surface area contributed by atoms with Crippen LogP contribution in [0.3, 0.4) is 0 Å². The van der Waals surface area contributed by atoms with Crippen LogP contribution in [-0.4, -0.2) is 16.8 Å². The van der Waals surface area contributed by atoms with E-state index in [0.29, 0.717) is 0 Å². The van der Waals surface area contributed by atoms with Gasteiger partial charge in [-0.05, 0) is 30.4 Å². The third-order valence-corrected chi connectivity index (χ3v) is 3.54. The Labute approximate surface area is 102 Å². The average molecular weight is 289 g/mol. The number of rotatable bonds is 4. The van der Waals surface area contributed by atoms with Gasteiger partial charge in [-0.1, -0.05) is 28.0 Å². The van der Waals surface area contributed by atoms with E-state index in [0.717, 1.165) is 27.1 Å². The summed E-state index contributed by atoms with van der Waals surface area (Å²) < 4.78 is 0.996. The lowest BCUT2D eigenvalue weighted by molar-refractivity contribution is 0.318. The van der Waals surface area contributed by atoms with E-state index >= 15 is 0 Å². The monoisotopic (exact) mass is 288 g/mol. The van der Waals surface area contributed by atoms with Crippen molar-refractivity contribution in [2.24, 2.45) is 10.9 Å². The molecule has 0 saturated carbocycles. The zero-order valence-corrected chi connectivity index (χ0v) is 10.8. The van der Waals surface area contributed by atoms with Crippen LogP contribution in [0.1, 0.15) is 18.9 Å². The van der Waals surface area contributed by atoms with E-state index in [1.165, 1.54) is 0 Å². The summed E-state index contributed by atoms with van der Waals surface area (Å²) in [6.45, 7) is 2.12. The number of nitrogens with zero attached hydrogens (tertiary/aromatic N) is 1. The van der Waals surface area contributed by atoms with Gasteiger partial charge in [0.2, 0.25) is 0 Å². The van der Waals surface area contributed by atoms with Gasteiger partial charge < -0.3 is 10.9 Å². The van der Waals surface area contributed by atoms with E-state index in [9.17, 15) is 0 Å². The lowest BCUT2D eigenvalue weighted by atomic mass is 10.2. The van der Waals surface area contributed by atoms with Gasteiger partial charge in [0.25, 0.3) is 0 Å². The van der Waals surface area contributed by atoms with Gasteiger partial charge in [0.05, 0.1) is 0 Å². The Morgan fingerprint density at radius 2 is 2.33 bits per heavy atom. The Morgan fingerprint density at radius 3 is 2.93 bits per heavy atom. The van der Waals surface area contributed by atoms with Gasteiger partial charge in [-0.25, -0.2) is 0 Å². The van der Waals surface area contributed by atoms with Crippen molar-refractivity contribution in [3.05, 3.63) is 28.2 Å². The number of hydrogen-bond acceptors (Lipinski definition) is 3. The number of benzene rings is 1. The van der Waals surface area contributed by atoms with Crippen molar-refractivity contribution in [1.29, 1.82) is 0 Å². The van der Waals surface area contributed by atoms with Crippen molar-refractivity contribution in [1.82, 2.24) is 0 Å². The molecule has 0 unspecified atom stereocenters. The fourth-order valence-corrected chi connectivity index (χ4v) is 2.57. The van der Waals surface area contributed by atoms with Crippen molar-refractivity contribution >= 4 is 33.5 Å². The second-order valence-electron chi connectivity index (χ2n) is 2.97. The van der Waals surface area contributed by atoms with Gasteiger partial charge in [-0.15, -0.1) is 11.8 Å². The van der Waals surface area contributed by atoms with Gasteiger partial charge in [-0.2, -0.15) is 0 Å². The lowest BCUT2D eigenvalue weighted by Crippen LogP contribution is -2.14. The summed E-state index contributed by atoms with van der Waals surface area (Å²) in [7, 11) is 0. The molecule has 0 amide bonds. The zero-order chi connectivity index (χ0) is 11.3. The molecule has 3 N–H and O–H groups in total. The van der Waals surface area contributed by atoms with Crippen molar-refractivity contribution in [2.75, 3.05) is 5.75 Å². The second kappa shape index (κ2) is 6.02. The summed E-state index contributed by atoms with van der Waals surface area (Å²) in [4.78, 5) is 1.03. The maximum absolute atomic E-state index is 8.65. The SMILES string of the molecule is CCCSc1cc(Br)ccc1/C(N)=N/O. The number of thioether (sulfide) groups is 1. The molecule has 0 heterocycles. The Balaban J connectivity index is 3.03. The average Bonchev–Trinajstić information content (AvgIpc) is 2.25. The molecule has 3 nitrogen and oxygen atoms in total. The highest BCUT2D eigenvalue weighted by molar-refractivity contribution is 9.10. The van der Waals surface area contributed by atoms with Crippen LogP contribution in [0.2, 0.25) is 0 Å². The van der Waals surface area contributed by atoms with E-state index in [4.69, 9.17) is 10.9 Å². The molecule has 1 aromatic rings. The van der Waals surface area contributed by atoms with E-state index in [1.807, 2.05) is 18.2 Å². The smallest absolute Gasteiger partial charge is 0.171 e. The third-order valence-electron chi connectivity index (χ3n) is 1.79. The minimum Gasteiger partial charge on any atom is -0.409 e. The van der Waals surface area contributed by atoms with Crippen LogP contribution in [0.4, 0.5) is 0 Å². The molecule has 0 aliphatic heterocycles. The summed E-state index contributed by atoms with van der Waals surface area (Å²) in [6, 6.07) is 5.70. The molecular weight excluding hydrogens is 276 g/mol. The van der Waals surface area contributed by atoms with Crippen LogP contribution in [0.15, 0.2) is 32.7 Å². The largest absolute Gasteiger partial charge is 0.409 e. The first kappa shape index (κ1) is 12.4. The maximum Gasteiger partial charge on any atom is 0.171 e. The first-order chi connectivity index (χ1) is 7.19. The molecule has 0 aliphatic carbocycles. The molecule has 0 spiro atoms. The number of amidine groups is 1. The molecule has 1 rings (SSSR count). The van der Waals surface area contributed by atoms with Gasteiger partial charge in [0.1, 0.15) is 0 Å².